The first-order valence-corrected chi connectivity index (χ1v) is 9.72. The van der Waals surface area contributed by atoms with Gasteiger partial charge in [0.25, 0.3) is 0 Å². The number of amides is 1. The normalized spacial score (nSPS) is 29.0. The number of benzene rings is 2. The predicted molar refractivity (Wildman–Crippen MR) is 112 cm³/mol. The van der Waals surface area contributed by atoms with Crippen LogP contribution in [-0.2, 0) is 22.0 Å². The molecule has 1 atom stereocenters. The van der Waals surface area contributed by atoms with Gasteiger partial charge in [-0.3, -0.25) is 4.79 Å². The van der Waals surface area contributed by atoms with E-state index in [-0.39, 0.29) is 29.8 Å². The molecule has 2 aromatic rings. The van der Waals surface area contributed by atoms with Crippen molar-refractivity contribution >= 4 is 18.3 Å². The molecule has 2 aliphatic rings. The van der Waals surface area contributed by atoms with Gasteiger partial charge in [0.2, 0.25) is 5.91 Å². The van der Waals surface area contributed by atoms with Crippen molar-refractivity contribution in [3.8, 4) is 0 Å². The lowest BCUT2D eigenvalue weighted by molar-refractivity contribution is -0.128. The summed E-state index contributed by atoms with van der Waals surface area (Å²) in [6.45, 7) is 2.73. The highest BCUT2D eigenvalue weighted by atomic mass is 35.5. The second-order valence-electron chi connectivity index (χ2n) is 8.27. The number of halogens is 1. The fourth-order valence-electron chi connectivity index (χ4n) is 4.92. The fourth-order valence-corrected chi connectivity index (χ4v) is 4.92. The third-order valence-electron chi connectivity index (χ3n) is 6.62. The van der Waals surface area contributed by atoms with E-state index in [1.807, 2.05) is 12.1 Å². The molecule has 1 fully saturated rings. The van der Waals surface area contributed by atoms with E-state index in [2.05, 4.69) is 54.7 Å². The van der Waals surface area contributed by atoms with Crippen LogP contribution in [0.4, 0.5) is 0 Å². The van der Waals surface area contributed by atoms with Crippen LogP contribution in [0.1, 0.15) is 49.3 Å². The van der Waals surface area contributed by atoms with Crippen LogP contribution in [0.15, 0.2) is 54.6 Å². The first-order chi connectivity index (χ1) is 12.6. The van der Waals surface area contributed by atoms with Gasteiger partial charge in [-0.2, -0.15) is 0 Å². The van der Waals surface area contributed by atoms with Gasteiger partial charge in [0.05, 0.1) is 5.41 Å². The Hall–Kier alpha value is -1.84. The number of aryl methyl sites for hydroxylation is 1. The number of fused-ring (bicyclic) bond motifs is 1. The number of hydrogen-bond acceptors (Lipinski definition) is 2. The summed E-state index contributed by atoms with van der Waals surface area (Å²) in [6, 6.07) is 19.1. The van der Waals surface area contributed by atoms with Crippen LogP contribution in [0, 0.1) is 0 Å². The Balaban J connectivity index is 0.00000210. The van der Waals surface area contributed by atoms with Crippen molar-refractivity contribution in [2.75, 3.05) is 6.54 Å². The van der Waals surface area contributed by atoms with E-state index in [9.17, 15) is 4.79 Å². The Labute approximate surface area is 168 Å². The van der Waals surface area contributed by atoms with Gasteiger partial charge >= 0.3 is 0 Å². The van der Waals surface area contributed by atoms with Crippen molar-refractivity contribution in [2.45, 2.75) is 55.9 Å². The number of carbonyl (C=O) groups excluding carboxylic acids is 1. The summed E-state index contributed by atoms with van der Waals surface area (Å²) < 4.78 is 0. The molecule has 0 heterocycles. The molecule has 1 saturated carbocycles. The van der Waals surface area contributed by atoms with Crippen molar-refractivity contribution < 1.29 is 4.79 Å². The molecule has 2 aromatic carbocycles. The summed E-state index contributed by atoms with van der Waals surface area (Å²) >= 11 is 0. The summed E-state index contributed by atoms with van der Waals surface area (Å²) in [5.74, 6) is 0.174. The minimum absolute atomic E-state index is 0. The average molecular weight is 385 g/mol. The van der Waals surface area contributed by atoms with Crippen LogP contribution in [0.3, 0.4) is 0 Å². The molecule has 3 N–H and O–H groups in total. The topological polar surface area (TPSA) is 55.1 Å². The maximum atomic E-state index is 13.2. The largest absolute Gasteiger partial charge is 0.353 e. The molecular formula is C23H29ClN2O. The number of carbonyl (C=O) groups is 1. The zero-order valence-corrected chi connectivity index (χ0v) is 16.7. The fraction of sp³-hybridized carbons (Fsp3) is 0.435. The highest BCUT2D eigenvalue weighted by Crippen LogP contribution is 2.44. The Bertz CT molecular complexity index is 801. The van der Waals surface area contributed by atoms with Gasteiger partial charge in [-0.05, 0) is 55.7 Å². The number of nitrogens with one attached hydrogen (secondary N) is 1. The number of rotatable bonds is 4. The molecule has 2 aliphatic carbocycles. The molecule has 4 heteroatoms. The molecular weight excluding hydrogens is 356 g/mol. The second-order valence-corrected chi connectivity index (χ2v) is 8.27. The van der Waals surface area contributed by atoms with E-state index in [1.54, 1.807) is 0 Å². The molecule has 0 spiro atoms. The van der Waals surface area contributed by atoms with Crippen LogP contribution in [0.5, 0.6) is 0 Å². The summed E-state index contributed by atoms with van der Waals surface area (Å²) in [4.78, 5) is 13.2. The first kappa shape index (κ1) is 19.9. The van der Waals surface area contributed by atoms with Crippen LogP contribution < -0.4 is 11.1 Å². The summed E-state index contributed by atoms with van der Waals surface area (Å²) in [7, 11) is 0. The summed E-state index contributed by atoms with van der Waals surface area (Å²) in [6.07, 6.45) is 4.92. The van der Waals surface area contributed by atoms with Gasteiger partial charge in [-0.1, -0.05) is 54.6 Å². The maximum Gasteiger partial charge on any atom is 0.230 e. The van der Waals surface area contributed by atoms with Crippen molar-refractivity contribution in [3.05, 3.63) is 71.3 Å². The monoisotopic (exact) mass is 384 g/mol. The van der Waals surface area contributed by atoms with Crippen LogP contribution in [0.25, 0.3) is 0 Å². The Morgan fingerprint density at radius 1 is 1.11 bits per heavy atom. The third kappa shape index (κ3) is 3.39. The lowest BCUT2D eigenvalue weighted by Crippen LogP contribution is -2.59. The quantitative estimate of drug-likeness (QED) is 0.840. The second kappa shape index (κ2) is 7.65. The van der Waals surface area contributed by atoms with Crippen LogP contribution >= 0.6 is 12.4 Å². The van der Waals surface area contributed by atoms with Gasteiger partial charge in [0.1, 0.15) is 0 Å². The Morgan fingerprint density at radius 3 is 2.48 bits per heavy atom. The zero-order chi connectivity index (χ0) is 18.2. The van der Waals surface area contributed by atoms with Crippen LogP contribution in [-0.4, -0.2) is 18.5 Å². The average Bonchev–Trinajstić information content (AvgIpc) is 2.65. The highest BCUT2D eigenvalue weighted by Gasteiger charge is 2.47. The SMILES string of the molecule is CC1(C(=O)NC2CC(CN)(c3ccccc3)C2)CCCc2ccccc21.Cl. The summed E-state index contributed by atoms with van der Waals surface area (Å²) in [5, 5.41) is 3.33. The first-order valence-electron chi connectivity index (χ1n) is 9.72. The van der Waals surface area contributed by atoms with E-state index in [0.717, 1.165) is 32.1 Å². The molecule has 0 aliphatic heterocycles. The minimum atomic E-state index is -0.414. The molecule has 4 rings (SSSR count). The van der Waals surface area contributed by atoms with E-state index >= 15 is 0 Å². The molecule has 3 nitrogen and oxygen atoms in total. The van der Waals surface area contributed by atoms with Gasteiger partial charge in [0, 0.05) is 18.0 Å². The standard InChI is InChI=1S/C23H28N2O.ClH/c1-22(13-7-9-17-8-5-6-12-20(17)22)21(26)25-19-14-23(15-19,16-24)18-10-3-2-4-11-18;/h2-6,8,10-12,19H,7,9,13-16,24H2,1H3,(H,25,26);1H. The van der Waals surface area contributed by atoms with Gasteiger partial charge in [-0.25, -0.2) is 0 Å². The van der Waals surface area contributed by atoms with Gasteiger partial charge in [-0.15, -0.1) is 12.4 Å². The van der Waals surface area contributed by atoms with Gasteiger partial charge in [0.15, 0.2) is 0 Å². The number of hydrogen-bond donors (Lipinski definition) is 2. The van der Waals surface area contributed by atoms with Crippen molar-refractivity contribution in [1.29, 1.82) is 0 Å². The summed E-state index contributed by atoms with van der Waals surface area (Å²) in [5.41, 5.74) is 9.54. The Morgan fingerprint density at radius 2 is 1.78 bits per heavy atom. The minimum Gasteiger partial charge on any atom is -0.353 e. The lowest BCUT2D eigenvalue weighted by Gasteiger charge is -2.49. The highest BCUT2D eigenvalue weighted by molar-refractivity contribution is 5.89. The zero-order valence-electron chi connectivity index (χ0n) is 15.9. The Kier molecular flexibility index (Phi) is 5.64. The molecule has 27 heavy (non-hydrogen) atoms. The van der Waals surface area contributed by atoms with E-state index in [1.165, 1.54) is 16.7 Å². The lowest BCUT2D eigenvalue weighted by atomic mass is 9.61. The van der Waals surface area contributed by atoms with Crippen molar-refractivity contribution in [1.82, 2.24) is 5.32 Å². The molecule has 1 amide bonds. The molecule has 1 unspecified atom stereocenters. The van der Waals surface area contributed by atoms with Crippen molar-refractivity contribution in [2.24, 2.45) is 5.73 Å². The molecule has 0 saturated heterocycles. The molecule has 0 aromatic heterocycles. The maximum absolute atomic E-state index is 13.2. The number of nitrogens with two attached hydrogens (primary N) is 1. The van der Waals surface area contributed by atoms with Crippen LogP contribution in [0.2, 0.25) is 0 Å². The third-order valence-corrected chi connectivity index (χ3v) is 6.62. The van der Waals surface area contributed by atoms with E-state index < -0.39 is 5.41 Å². The van der Waals surface area contributed by atoms with Gasteiger partial charge < -0.3 is 11.1 Å². The van der Waals surface area contributed by atoms with E-state index in [0.29, 0.717) is 6.54 Å². The van der Waals surface area contributed by atoms with E-state index in [4.69, 9.17) is 5.73 Å². The van der Waals surface area contributed by atoms with Crippen molar-refractivity contribution in [3.63, 3.8) is 0 Å². The predicted octanol–water partition coefficient (Wildman–Crippen LogP) is 3.88. The molecule has 0 radical (unpaired) electrons. The molecule has 0 bridgehead atoms. The smallest absolute Gasteiger partial charge is 0.230 e. The molecule has 144 valence electrons.